The van der Waals surface area contributed by atoms with E-state index in [1.165, 1.54) is 12.1 Å². The molecule has 0 spiro atoms. The minimum atomic E-state index is -4.36. The second-order valence-corrected chi connectivity index (χ2v) is 5.59. The molecule has 1 saturated heterocycles. The second-order valence-electron chi connectivity index (χ2n) is 5.59. The van der Waals surface area contributed by atoms with Gasteiger partial charge in [-0.25, -0.2) is 0 Å². The van der Waals surface area contributed by atoms with Gasteiger partial charge in [-0.2, -0.15) is 18.2 Å². The maximum atomic E-state index is 12.1. The van der Waals surface area contributed by atoms with Crippen LogP contribution in [0.3, 0.4) is 0 Å². The van der Waals surface area contributed by atoms with Gasteiger partial charge in [0, 0.05) is 25.2 Å². The van der Waals surface area contributed by atoms with Crippen LogP contribution < -0.4 is 10.1 Å². The first kappa shape index (κ1) is 16.7. The molecule has 0 saturated carbocycles. The Balaban J connectivity index is 1.68. The highest BCUT2D eigenvalue weighted by molar-refractivity contribution is 5.54. The molecule has 1 fully saturated rings. The van der Waals surface area contributed by atoms with Crippen LogP contribution in [0.1, 0.15) is 11.9 Å². The molecule has 1 atom stereocenters. The number of hydrogen-bond acceptors (Lipinski definition) is 6. The van der Waals surface area contributed by atoms with E-state index in [4.69, 9.17) is 4.52 Å². The smallest absolute Gasteiger partial charge is 0.422 e. The van der Waals surface area contributed by atoms with Crippen LogP contribution in [0.15, 0.2) is 28.8 Å². The highest BCUT2D eigenvalue weighted by atomic mass is 19.4. The van der Waals surface area contributed by atoms with Crippen LogP contribution in [0.25, 0.3) is 11.5 Å². The number of benzene rings is 1. The van der Waals surface area contributed by atoms with Crippen LogP contribution in [-0.4, -0.2) is 54.5 Å². The summed E-state index contributed by atoms with van der Waals surface area (Å²) in [5, 5.41) is 7.28. The zero-order chi connectivity index (χ0) is 17.2. The molecule has 1 aliphatic rings. The first-order chi connectivity index (χ1) is 11.4. The summed E-state index contributed by atoms with van der Waals surface area (Å²) in [6.07, 6.45) is -4.36. The molecule has 0 aliphatic carbocycles. The average molecular weight is 342 g/mol. The number of nitrogens with one attached hydrogen (secondary N) is 1. The zero-order valence-corrected chi connectivity index (χ0v) is 13.0. The summed E-state index contributed by atoms with van der Waals surface area (Å²) < 4.78 is 46.3. The molecule has 1 unspecified atom stereocenters. The van der Waals surface area contributed by atoms with Gasteiger partial charge >= 0.3 is 6.18 Å². The number of ether oxygens (including phenoxy) is 1. The van der Waals surface area contributed by atoms with Crippen molar-refractivity contribution < 1.29 is 22.4 Å². The first-order valence-electron chi connectivity index (χ1n) is 7.47. The Hall–Kier alpha value is -2.13. The van der Waals surface area contributed by atoms with E-state index in [1.54, 1.807) is 12.1 Å². The first-order valence-corrected chi connectivity index (χ1v) is 7.47. The lowest BCUT2D eigenvalue weighted by atomic mass is 10.2. The van der Waals surface area contributed by atoms with Crippen molar-refractivity contribution >= 4 is 0 Å². The third kappa shape index (κ3) is 4.04. The molecular formula is C15H17F3N4O2. The molecule has 0 amide bonds. The number of piperazine rings is 1. The van der Waals surface area contributed by atoms with Gasteiger partial charge in [-0.3, -0.25) is 4.90 Å². The SMILES string of the molecule is CN1CCNCC1c1noc(-c2ccc(OCC(F)(F)F)cc2)n1. The quantitative estimate of drug-likeness (QED) is 0.920. The van der Waals surface area contributed by atoms with Gasteiger partial charge in [-0.15, -0.1) is 0 Å². The van der Waals surface area contributed by atoms with E-state index in [2.05, 4.69) is 25.1 Å². The summed E-state index contributed by atoms with van der Waals surface area (Å²) in [5.41, 5.74) is 0.625. The maximum absolute atomic E-state index is 12.1. The van der Waals surface area contributed by atoms with Gasteiger partial charge in [-0.1, -0.05) is 5.16 Å². The fourth-order valence-electron chi connectivity index (χ4n) is 2.44. The van der Waals surface area contributed by atoms with E-state index in [-0.39, 0.29) is 11.8 Å². The summed E-state index contributed by atoms with van der Waals surface area (Å²) in [6.45, 7) is 1.22. The lowest BCUT2D eigenvalue weighted by molar-refractivity contribution is -0.153. The number of nitrogens with zero attached hydrogens (tertiary/aromatic N) is 3. The fourth-order valence-corrected chi connectivity index (χ4v) is 2.44. The van der Waals surface area contributed by atoms with Crippen molar-refractivity contribution in [1.29, 1.82) is 0 Å². The Bertz CT molecular complexity index is 672. The predicted molar refractivity (Wildman–Crippen MR) is 79.5 cm³/mol. The van der Waals surface area contributed by atoms with Crippen LogP contribution in [0, 0.1) is 0 Å². The van der Waals surface area contributed by atoms with Crippen LogP contribution in [-0.2, 0) is 0 Å². The Morgan fingerprint density at radius 3 is 2.75 bits per heavy atom. The van der Waals surface area contributed by atoms with Crippen LogP contribution in [0.4, 0.5) is 13.2 Å². The normalized spacial score (nSPS) is 19.4. The average Bonchev–Trinajstić information content (AvgIpc) is 3.03. The maximum Gasteiger partial charge on any atom is 0.422 e. The molecule has 2 aromatic rings. The lowest BCUT2D eigenvalue weighted by Crippen LogP contribution is -2.44. The van der Waals surface area contributed by atoms with Gasteiger partial charge in [-0.05, 0) is 31.3 Å². The third-order valence-corrected chi connectivity index (χ3v) is 3.75. The number of rotatable bonds is 4. The molecule has 6 nitrogen and oxygen atoms in total. The molecule has 1 aliphatic heterocycles. The van der Waals surface area contributed by atoms with Gasteiger partial charge in [0.05, 0.1) is 6.04 Å². The van der Waals surface area contributed by atoms with E-state index in [9.17, 15) is 13.2 Å². The number of aromatic nitrogens is 2. The molecular weight excluding hydrogens is 325 g/mol. The van der Waals surface area contributed by atoms with E-state index in [0.717, 1.165) is 19.6 Å². The topological polar surface area (TPSA) is 63.4 Å². The minimum absolute atomic E-state index is 0.0330. The Morgan fingerprint density at radius 1 is 1.33 bits per heavy atom. The fraction of sp³-hybridized carbons (Fsp3) is 0.467. The van der Waals surface area contributed by atoms with E-state index >= 15 is 0 Å². The van der Waals surface area contributed by atoms with E-state index < -0.39 is 12.8 Å². The van der Waals surface area contributed by atoms with Crippen molar-refractivity contribution in [3.63, 3.8) is 0 Å². The predicted octanol–water partition coefficient (Wildman–Crippen LogP) is 2.25. The van der Waals surface area contributed by atoms with Crippen molar-refractivity contribution in [2.45, 2.75) is 12.2 Å². The molecule has 9 heteroatoms. The summed E-state index contributed by atoms with van der Waals surface area (Å²) in [7, 11) is 1.99. The van der Waals surface area contributed by atoms with Gasteiger partial charge in [0.25, 0.3) is 5.89 Å². The van der Waals surface area contributed by atoms with Crippen LogP contribution >= 0.6 is 0 Å². The third-order valence-electron chi connectivity index (χ3n) is 3.75. The van der Waals surface area contributed by atoms with Gasteiger partial charge in [0.2, 0.25) is 0 Å². The van der Waals surface area contributed by atoms with E-state index in [1.807, 2.05) is 7.05 Å². The van der Waals surface area contributed by atoms with Crippen molar-refractivity contribution in [2.24, 2.45) is 0 Å². The standard InChI is InChI=1S/C15H17F3N4O2/c1-22-7-6-19-8-12(22)13-20-14(24-21-13)10-2-4-11(5-3-10)23-9-15(16,17)18/h2-5,12,19H,6-9H2,1H3. The van der Waals surface area contributed by atoms with Gasteiger partial charge in [0.15, 0.2) is 12.4 Å². The second kappa shape index (κ2) is 6.78. The summed E-state index contributed by atoms with van der Waals surface area (Å²) in [6, 6.07) is 6.10. The molecule has 1 N–H and O–H groups in total. The Morgan fingerprint density at radius 2 is 2.08 bits per heavy atom. The van der Waals surface area contributed by atoms with Crippen LogP contribution in [0.2, 0.25) is 0 Å². The van der Waals surface area contributed by atoms with Crippen molar-refractivity contribution in [3.8, 4) is 17.2 Å². The summed E-state index contributed by atoms with van der Waals surface area (Å²) >= 11 is 0. The van der Waals surface area contributed by atoms with Crippen molar-refractivity contribution in [2.75, 3.05) is 33.3 Å². The molecule has 0 radical (unpaired) electrons. The molecule has 1 aromatic carbocycles. The zero-order valence-electron chi connectivity index (χ0n) is 13.0. The van der Waals surface area contributed by atoms with Crippen LogP contribution in [0.5, 0.6) is 5.75 Å². The Kier molecular flexibility index (Phi) is 4.72. The molecule has 0 bridgehead atoms. The molecule has 24 heavy (non-hydrogen) atoms. The lowest BCUT2D eigenvalue weighted by Gasteiger charge is -2.30. The largest absolute Gasteiger partial charge is 0.484 e. The van der Waals surface area contributed by atoms with Gasteiger partial charge < -0.3 is 14.6 Å². The van der Waals surface area contributed by atoms with Crippen molar-refractivity contribution in [3.05, 3.63) is 30.1 Å². The highest BCUT2D eigenvalue weighted by Gasteiger charge is 2.28. The molecule has 3 rings (SSSR count). The monoisotopic (exact) mass is 342 g/mol. The summed E-state index contributed by atoms with van der Waals surface area (Å²) in [4.78, 5) is 6.53. The number of hydrogen-bond donors (Lipinski definition) is 1. The molecule has 2 heterocycles. The highest BCUT2D eigenvalue weighted by Crippen LogP contribution is 2.25. The summed E-state index contributed by atoms with van der Waals surface area (Å²) in [5.74, 6) is 1.04. The van der Waals surface area contributed by atoms with Crippen molar-refractivity contribution in [1.82, 2.24) is 20.4 Å². The van der Waals surface area contributed by atoms with E-state index in [0.29, 0.717) is 17.3 Å². The van der Waals surface area contributed by atoms with Gasteiger partial charge in [0.1, 0.15) is 5.75 Å². The number of alkyl halides is 3. The Labute approximate surface area is 136 Å². The molecule has 1 aromatic heterocycles. The minimum Gasteiger partial charge on any atom is -0.484 e. The number of halogens is 3. The number of likely N-dealkylation sites (N-methyl/N-ethyl adjacent to an activating group) is 1. The molecule has 130 valence electrons.